The number of carboxylic acids is 1. The fraction of sp³-hybridized carbons (Fsp3) is 0.217. The van der Waals surface area contributed by atoms with Crippen molar-refractivity contribution in [3.05, 3.63) is 87.2 Å². The second-order valence-corrected chi connectivity index (χ2v) is 7.91. The molecule has 0 amide bonds. The summed E-state index contributed by atoms with van der Waals surface area (Å²) in [5.74, 6) is -1.85. The lowest BCUT2D eigenvalue weighted by molar-refractivity contribution is -0.133. The molecule has 2 aliphatic rings. The molecule has 5 nitrogen and oxygen atoms in total. The van der Waals surface area contributed by atoms with Gasteiger partial charge in [0.05, 0.1) is 5.57 Å². The summed E-state index contributed by atoms with van der Waals surface area (Å²) in [4.78, 5) is 25.2. The summed E-state index contributed by atoms with van der Waals surface area (Å²) >= 11 is 5.98. The van der Waals surface area contributed by atoms with Crippen LogP contribution in [0.15, 0.2) is 71.1 Å². The first-order chi connectivity index (χ1) is 13.8. The maximum absolute atomic E-state index is 13.2. The van der Waals surface area contributed by atoms with E-state index in [2.05, 4.69) is 5.32 Å². The summed E-state index contributed by atoms with van der Waals surface area (Å²) < 4.78 is 0. The maximum Gasteiger partial charge on any atom is 0.334 e. The third-order valence-corrected chi connectivity index (χ3v) is 5.85. The third kappa shape index (κ3) is 3.54. The molecule has 29 heavy (non-hydrogen) atoms. The summed E-state index contributed by atoms with van der Waals surface area (Å²) in [6, 6.07) is 13.9. The molecule has 0 spiro atoms. The molecule has 0 saturated heterocycles. The molecule has 148 valence electrons. The number of carbonyl (C=O) groups excluding carboxylic acids is 1. The van der Waals surface area contributed by atoms with Crippen LogP contribution in [0.4, 0.5) is 0 Å². The summed E-state index contributed by atoms with van der Waals surface area (Å²) in [7, 11) is 0. The Labute approximate surface area is 173 Å². The molecule has 3 N–H and O–H groups in total. The van der Waals surface area contributed by atoms with Crippen LogP contribution in [0.1, 0.15) is 42.7 Å². The molecule has 0 aromatic heterocycles. The van der Waals surface area contributed by atoms with Crippen LogP contribution in [0.3, 0.4) is 0 Å². The number of aromatic hydroxyl groups is 1. The summed E-state index contributed by atoms with van der Waals surface area (Å²) in [5.41, 5.74) is 3.48. The van der Waals surface area contributed by atoms with Crippen LogP contribution in [0.5, 0.6) is 5.75 Å². The molecule has 2 aromatic rings. The molecule has 2 atom stereocenters. The number of rotatable bonds is 3. The first-order valence-electron chi connectivity index (χ1n) is 9.37. The number of phenolic OH excluding ortho intramolecular Hbond substituents is 1. The van der Waals surface area contributed by atoms with Gasteiger partial charge in [0.25, 0.3) is 0 Å². The normalized spacial score (nSPS) is 21.7. The highest BCUT2D eigenvalue weighted by molar-refractivity contribution is 6.30. The van der Waals surface area contributed by atoms with Gasteiger partial charge in [-0.3, -0.25) is 4.79 Å². The zero-order chi connectivity index (χ0) is 20.7. The lowest BCUT2D eigenvalue weighted by Crippen LogP contribution is -2.35. The second kappa shape index (κ2) is 7.41. The average Bonchev–Trinajstić information content (AvgIpc) is 2.67. The smallest absolute Gasteiger partial charge is 0.334 e. The highest BCUT2D eigenvalue weighted by Crippen LogP contribution is 2.45. The van der Waals surface area contributed by atoms with Gasteiger partial charge >= 0.3 is 5.97 Å². The van der Waals surface area contributed by atoms with E-state index in [1.54, 1.807) is 19.1 Å². The molecule has 2 aromatic carbocycles. The number of dihydropyridines is 1. The van der Waals surface area contributed by atoms with Crippen LogP contribution < -0.4 is 5.32 Å². The van der Waals surface area contributed by atoms with Crippen molar-refractivity contribution in [2.75, 3.05) is 0 Å². The van der Waals surface area contributed by atoms with E-state index in [0.717, 1.165) is 11.3 Å². The highest BCUT2D eigenvalue weighted by Gasteiger charge is 2.40. The van der Waals surface area contributed by atoms with Crippen molar-refractivity contribution < 1.29 is 19.8 Å². The van der Waals surface area contributed by atoms with Gasteiger partial charge in [-0.2, -0.15) is 0 Å². The molecular weight excluding hydrogens is 390 g/mol. The van der Waals surface area contributed by atoms with Crippen molar-refractivity contribution in [3.8, 4) is 5.75 Å². The number of carboxylic acid groups (broad SMARTS) is 1. The SMILES string of the molecule is CC1=C(C(=O)O)C(c2cccc(O)c2)C2=C(CC(c3ccc(Cl)cc3)CC2=O)N1. The Morgan fingerprint density at radius 2 is 1.83 bits per heavy atom. The predicted octanol–water partition coefficient (Wildman–Crippen LogP) is 4.49. The Bertz CT molecular complexity index is 1070. The van der Waals surface area contributed by atoms with Gasteiger partial charge in [0, 0.05) is 34.3 Å². The van der Waals surface area contributed by atoms with Crippen LogP contribution >= 0.6 is 11.6 Å². The van der Waals surface area contributed by atoms with Crippen LogP contribution in [0, 0.1) is 0 Å². The highest BCUT2D eigenvalue weighted by atomic mass is 35.5. The lowest BCUT2D eigenvalue weighted by Gasteiger charge is -2.36. The number of ketones is 1. The predicted molar refractivity (Wildman–Crippen MR) is 110 cm³/mol. The summed E-state index contributed by atoms with van der Waals surface area (Å²) in [6.07, 6.45) is 0.895. The number of benzene rings is 2. The molecule has 0 fully saturated rings. The average molecular weight is 410 g/mol. The van der Waals surface area contributed by atoms with Gasteiger partial charge in [0.15, 0.2) is 5.78 Å². The monoisotopic (exact) mass is 409 g/mol. The number of phenols is 1. The van der Waals surface area contributed by atoms with Crippen LogP contribution in [0.2, 0.25) is 5.02 Å². The van der Waals surface area contributed by atoms with E-state index in [-0.39, 0.29) is 23.0 Å². The van der Waals surface area contributed by atoms with Gasteiger partial charge in [0.2, 0.25) is 0 Å². The van der Waals surface area contributed by atoms with Crippen LogP contribution in [-0.2, 0) is 9.59 Å². The molecule has 1 aliphatic carbocycles. The zero-order valence-corrected chi connectivity index (χ0v) is 16.5. The third-order valence-electron chi connectivity index (χ3n) is 5.60. The molecule has 1 heterocycles. The van der Waals surface area contributed by atoms with E-state index in [0.29, 0.717) is 34.7 Å². The van der Waals surface area contributed by atoms with Crippen LogP contribution in [-0.4, -0.2) is 22.0 Å². The Balaban J connectivity index is 1.80. The van der Waals surface area contributed by atoms with E-state index in [1.807, 2.05) is 24.3 Å². The fourth-order valence-electron chi connectivity index (χ4n) is 4.33. The van der Waals surface area contributed by atoms with Crippen molar-refractivity contribution in [2.45, 2.75) is 31.6 Å². The molecule has 0 saturated carbocycles. The number of hydrogen-bond acceptors (Lipinski definition) is 4. The Morgan fingerprint density at radius 1 is 1.10 bits per heavy atom. The molecule has 2 unspecified atom stereocenters. The Morgan fingerprint density at radius 3 is 2.48 bits per heavy atom. The minimum Gasteiger partial charge on any atom is -0.508 e. The minimum absolute atomic E-state index is 0.00461. The number of allylic oxidation sites excluding steroid dienone is 3. The van der Waals surface area contributed by atoms with Crippen molar-refractivity contribution in [1.82, 2.24) is 5.32 Å². The number of nitrogens with one attached hydrogen (secondary N) is 1. The van der Waals surface area contributed by atoms with E-state index < -0.39 is 11.9 Å². The lowest BCUT2D eigenvalue weighted by atomic mass is 9.72. The molecule has 0 bridgehead atoms. The number of carbonyl (C=O) groups is 2. The number of aliphatic carboxylic acids is 1. The topological polar surface area (TPSA) is 86.6 Å². The Kier molecular flexibility index (Phi) is 4.92. The van der Waals surface area contributed by atoms with E-state index in [4.69, 9.17) is 11.6 Å². The quantitative estimate of drug-likeness (QED) is 0.695. The first kappa shape index (κ1) is 19.3. The number of hydrogen-bond donors (Lipinski definition) is 3. The van der Waals surface area contributed by atoms with Gasteiger partial charge in [-0.1, -0.05) is 35.9 Å². The van der Waals surface area contributed by atoms with Gasteiger partial charge in [-0.15, -0.1) is 0 Å². The van der Waals surface area contributed by atoms with E-state index >= 15 is 0 Å². The van der Waals surface area contributed by atoms with E-state index in [9.17, 15) is 19.8 Å². The van der Waals surface area contributed by atoms with Gasteiger partial charge in [-0.25, -0.2) is 4.79 Å². The fourth-order valence-corrected chi connectivity index (χ4v) is 4.46. The van der Waals surface area contributed by atoms with Crippen molar-refractivity contribution in [1.29, 1.82) is 0 Å². The second-order valence-electron chi connectivity index (χ2n) is 7.47. The molecule has 4 rings (SSSR count). The molecular formula is C23H20ClNO4. The molecule has 1 aliphatic heterocycles. The first-order valence-corrected chi connectivity index (χ1v) is 9.74. The maximum atomic E-state index is 13.2. The van der Waals surface area contributed by atoms with Gasteiger partial charge < -0.3 is 15.5 Å². The van der Waals surface area contributed by atoms with Crippen molar-refractivity contribution in [2.24, 2.45) is 0 Å². The summed E-state index contributed by atoms with van der Waals surface area (Å²) in [5, 5.41) is 23.6. The zero-order valence-electron chi connectivity index (χ0n) is 15.8. The Hall–Kier alpha value is -3.05. The minimum atomic E-state index is -1.08. The standard InChI is InChI=1S/C23H20ClNO4/c1-12-20(23(28)29)21(14-3-2-4-17(26)9-14)22-18(25-12)10-15(11-19(22)27)13-5-7-16(24)8-6-13/h2-9,15,21,25-26H,10-11H2,1H3,(H,28,29). The molecule has 6 heteroatoms. The summed E-state index contributed by atoms with van der Waals surface area (Å²) in [6.45, 7) is 1.71. The number of Topliss-reactive ketones (excluding diaryl/α,β-unsaturated/α-hetero) is 1. The van der Waals surface area contributed by atoms with E-state index in [1.165, 1.54) is 12.1 Å². The van der Waals surface area contributed by atoms with Gasteiger partial charge in [-0.05, 0) is 54.7 Å². The van der Waals surface area contributed by atoms with Gasteiger partial charge in [0.1, 0.15) is 5.75 Å². The number of halogens is 1. The van der Waals surface area contributed by atoms with Crippen LogP contribution in [0.25, 0.3) is 0 Å². The van der Waals surface area contributed by atoms with Crippen molar-refractivity contribution >= 4 is 23.4 Å². The largest absolute Gasteiger partial charge is 0.508 e. The van der Waals surface area contributed by atoms with Crippen molar-refractivity contribution in [3.63, 3.8) is 0 Å². The molecule has 0 radical (unpaired) electrons.